The van der Waals surface area contributed by atoms with Crippen LogP contribution in [-0.4, -0.2) is 22.2 Å². The summed E-state index contributed by atoms with van der Waals surface area (Å²) >= 11 is 0. The van der Waals surface area contributed by atoms with Crippen molar-refractivity contribution in [2.24, 2.45) is 5.92 Å². The molecule has 0 saturated carbocycles. The lowest BCUT2D eigenvalue weighted by Gasteiger charge is -2.12. The van der Waals surface area contributed by atoms with Crippen molar-refractivity contribution in [2.45, 2.75) is 25.8 Å². The van der Waals surface area contributed by atoms with Crippen LogP contribution in [0.4, 0.5) is 5.82 Å². The highest BCUT2D eigenvalue weighted by molar-refractivity contribution is 5.78. The first kappa shape index (κ1) is 10.0. The van der Waals surface area contributed by atoms with Crippen molar-refractivity contribution < 1.29 is 4.79 Å². The second-order valence-corrected chi connectivity index (χ2v) is 3.95. The fourth-order valence-electron chi connectivity index (χ4n) is 1.88. The number of nitrogen functional groups attached to an aromatic ring is 1. The molecule has 0 bridgehead atoms. The van der Waals surface area contributed by atoms with Gasteiger partial charge in [-0.05, 0) is 18.9 Å². The maximum Gasteiger partial charge on any atom is 0.224 e. The smallest absolute Gasteiger partial charge is 0.224 e. The molecule has 5 heteroatoms. The number of amides is 1. The molecular formula is C10H16N4O. The number of anilines is 1. The zero-order chi connectivity index (χ0) is 10.7. The third-order valence-corrected chi connectivity index (χ3v) is 2.72. The number of aromatic nitrogens is 2. The van der Waals surface area contributed by atoms with E-state index in [9.17, 15) is 4.79 Å². The van der Waals surface area contributed by atoms with Crippen LogP contribution in [0.5, 0.6) is 0 Å². The summed E-state index contributed by atoms with van der Waals surface area (Å²) in [7, 11) is 0. The fourth-order valence-corrected chi connectivity index (χ4v) is 1.88. The number of nitrogens with zero attached hydrogens (tertiary/aromatic N) is 2. The summed E-state index contributed by atoms with van der Waals surface area (Å²) in [5.74, 6) is 0.678. The molecular weight excluding hydrogens is 192 g/mol. The van der Waals surface area contributed by atoms with Gasteiger partial charge in [-0.1, -0.05) is 6.42 Å². The van der Waals surface area contributed by atoms with E-state index in [0.717, 1.165) is 25.8 Å². The van der Waals surface area contributed by atoms with Gasteiger partial charge in [-0.3, -0.25) is 9.48 Å². The summed E-state index contributed by atoms with van der Waals surface area (Å²) in [6.45, 7) is 1.43. The van der Waals surface area contributed by atoms with Gasteiger partial charge in [0.05, 0.1) is 12.5 Å². The summed E-state index contributed by atoms with van der Waals surface area (Å²) in [6.07, 6.45) is 4.92. The predicted octanol–water partition coefficient (Wildman–Crippen LogP) is 0.382. The molecule has 5 nitrogen and oxygen atoms in total. The topological polar surface area (TPSA) is 72.9 Å². The van der Waals surface area contributed by atoms with Gasteiger partial charge in [0.2, 0.25) is 5.91 Å². The monoisotopic (exact) mass is 208 g/mol. The highest BCUT2D eigenvalue weighted by Gasteiger charge is 2.21. The first-order chi connectivity index (χ1) is 7.25. The average molecular weight is 208 g/mol. The van der Waals surface area contributed by atoms with Crippen molar-refractivity contribution in [2.75, 3.05) is 12.3 Å². The molecule has 1 aliphatic rings. The zero-order valence-electron chi connectivity index (χ0n) is 8.65. The third-order valence-electron chi connectivity index (χ3n) is 2.72. The molecule has 2 heterocycles. The molecule has 0 spiro atoms. The number of hydrogen-bond donors (Lipinski definition) is 2. The molecule has 1 aromatic heterocycles. The summed E-state index contributed by atoms with van der Waals surface area (Å²) < 4.78 is 1.74. The minimum absolute atomic E-state index is 0.0341. The second kappa shape index (κ2) is 4.33. The molecule has 1 unspecified atom stereocenters. The Morgan fingerprint density at radius 3 is 3.20 bits per heavy atom. The van der Waals surface area contributed by atoms with Crippen LogP contribution < -0.4 is 11.1 Å². The van der Waals surface area contributed by atoms with E-state index >= 15 is 0 Å². The Bertz CT molecular complexity index is 347. The summed E-state index contributed by atoms with van der Waals surface area (Å²) in [5, 5.41) is 6.99. The molecule has 1 aliphatic heterocycles. The van der Waals surface area contributed by atoms with Crippen molar-refractivity contribution >= 4 is 11.7 Å². The van der Waals surface area contributed by atoms with Crippen LogP contribution in [-0.2, 0) is 11.3 Å². The van der Waals surface area contributed by atoms with Crippen LogP contribution in [0.1, 0.15) is 19.3 Å². The SMILES string of the molecule is Nc1ccn(CC2CCCCNC2=O)n1. The van der Waals surface area contributed by atoms with E-state index in [4.69, 9.17) is 5.73 Å². The molecule has 15 heavy (non-hydrogen) atoms. The highest BCUT2D eigenvalue weighted by Crippen LogP contribution is 2.14. The number of carbonyl (C=O) groups is 1. The molecule has 82 valence electrons. The fraction of sp³-hybridized carbons (Fsp3) is 0.600. The largest absolute Gasteiger partial charge is 0.382 e. The van der Waals surface area contributed by atoms with Gasteiger partial charge in [0.1, 0.15) is 5.82 Å². The predicted molar refractivity (Wildman–Crippen MR) is 57.0 cm³/mol. The Morgan fingerprint density at radius 1 is 1.60 bits per heavy atom. The van der Waals surface area contributed by atoms with Gasteiger partial charge in [-0.15, -0.1) is 0 Å². The normalized spacial score (nSPS) is 22.1. The lowest BCUT2D eigenvalue weighted by molar-refractivity contribution is -0.125. The maximum atomic E-state index is 11.6. The van der Waals surface area contributed by atoms with Crippen molar-refractivity contribution in [3.8, 4) is 0 Å². The number of nitrogens with one attached hydrogen (secondary N) is 1. The van der Waals surface area contributed by atoms with Gasteiger partial charge in [0.25, 0.3) is 0 Å². The van der Waals surface area contributed by atoms with Crippen LogP contribution in [0, 0.1) is 5.92 Å². The van der Waals surface area contributed by atoms with Gasteiger partial charge >= 0.3 is 0 Å². The van der Waals surface area contributed by atoms with E-state index in [0.29, 0.717) is 12.4 Å². The summed E-state index contributed by atoms with van der Waals surface area (Å²) in [5.41, 5.74) is 5.52. The molecule has 1 atom stereocenters. The minimum atomic E-state index is 0.0341. The molecule has 1 amide bonds. The van der Waals surface area contributed by atoms with E-state index < -0.39 is 0 Å². The molecule has 0 radical (unpaired) electrons. The molecule has 1 saturated heterocycles. The Balaban J connectivity index is 2.00. The Morgan fingerprint density at radius 2 is 2.47 bits per heavy atom. The summed E-state index contributed by atoms with van der Waals surface area (Å²) in [6, 6.07) is 1.74. The Kier molecular flexibility index (Phi) is 2.89. The van der Waals surface area contributed by atoms with Gasteiger partial charge in [0.15, 0.2) is 0 Å². The van der Waals surface area contributed by atoms with Crippen molar-refractivity contribution in [3.05, 3.63) is 12.3 Å². The Labute approximate surface area is 88.6 Å². The van der Waals surface area contributed by atoms with Gasteiger partial charge in [-0.2, -0.15) is 5.10 Å². The molecule has 0 aromatic carbocycles. The van der Waals surface area contributed by atoms with Gasteiger partial charge in [0, 0.05) is 12.7 Å². The van der Waals surface area contributed by atoms with Crippen molar-refractivity contribution in [1.29, 1.82) is 0 Å². The van der Waals surface area contributed by atoms with E-state index in [-0.39, 0.29) is 11.8 Å². The van der Waals surface area contributed by atoms with Crippen LogP contribution in [0.3, 0.4) is 0 Å². The third kappa shape index (κ3) is 2.49. The minimum Gasteiger partial charge on any atom is -0.382 e. The number of carbonyl (C=O) groups excluding carboxylic acids is 1. The standard InChI is InChI=1S/C10H16N4O/c11-9-4-6-14(13-9)7-8-3-1-2-5-12-10(8)15/h4,6,8H,1-3,5,7H2,(H2,11,13)(H,12,15). The van der Waals surface area contributed by atoms with Crippen LogP contribution in [0.2, 0.25) is 0 Å². The zero-order valence-corrected chi connectivity index (χ0v) is 8.65. The molecule has 0 aliphatic carbocycles. The lowest BCUT2D eigenvalue weighted by Crippen LogP contribution is -2.31. The van der Waals surface area contributed by atoms with Crippen molar-refractivity contribution in [3.63, 3.8) is 0 Å². The second-order valence-electron chi connectivity index (χ2n) is 3.95. The first-order valence-corrected chi connectivity index (χ1v) is 5.32. The molecule has 1 fully saturated rings. The number of rotatable bonds is 2. The number of nitrogens with two attached hydrogens (primary N) is 1. The van der Waals surface area contributed by atoms with Crippen LogP contribution in [0.25, 0.3) is 0 Å². The van der Waals surface area contributed by atoms with Crippen molar-refractivity contribution in [1.82, 2.24) is 15.1 Å². The quantitative estimate of drug-likeness (QED) is 0.738. The van der Waals surface area contributed by atoms with Gasteiger partial charge < -0.3 is 11.1 Å². The lowest BCUT2D eigenvalue weighted by atomic mass is 10.0. The van der Waals surface area contributed by atoms with E-state index in [1.54, 1.807) is 10.7 Å². The number of hydrogen-bond acceptors (Lipinski definition) is 3. The molecule has 1 aromatic rings. The van der Waals surface area contributed by atoms with Crippen LogP contribution in [0.15, 0.2) is 12.3 Å². The average Bonchev–Trinajstić information content (AvgIpc) is 2.50. The summed E-state index contributed by atoms with van der Waals surface area (Å²) in [4.78, 5) is 11.6. The molecule has 3 N–H and O–H groups in total. The Hall–Kier alpha value is -1.52. The van der Waals surface area contributed by atoms with Crippen LogP contribution >= 0.6 is 0 Å². The van der Waals surface area contributed by atoms with E-state index in [1.165, 1.54) is 0 Å². The first-order valence-electron chi connectivity index (χ1n) is 5.32. The molecule has 2 rings (SSSR count). The highest BCUT2D eigenvalue weighted by atomic mass is 16.1. The van der Waals surface area contributed by atoms with Gasteiger partial charge in [-0.25, -0.2) is 0 Å². The maximum absolute atomic E-state index is 11.6. The van der Waals surface area contributed by atoms with E-state index in [1.807, 2.05) is 6.20 Å². The van der Waals surface area contributed by atoms with E-state index in [2.05, 4.69) is 10.4 Å².